The van der Waals surface area contributed by atoms with Crippen LogP contribution in [0, 0.1) is 0 Å². The molecule has 0 saturated carbocycles. The number of rotatable bonds is 5. The Morgan fingerprint density at radius 1 is 1.31 bits per heavy atom. The average Bonchev–Trinajstić information content (AvgIpc) is 2.26. The summed E-state index contributed by atoms with van der Waals surface area (Å²) in [4.78, 5) is 13.9. The maximum atomic E-state index is 11.9. The van der Waals surface area contributed by atoms with Gasteiger partial charge in [0.15, 0.2) is 5.78 Å². The third kappa shape index (κ3) is 3.54. The number of hydrogen-bond donors (Lipinski definition) is 0. The van der Waals surface area contributed by atoms with E-state index >= 15 is 0 Å². The summed E-state index contributed by atoms with van der Waals surface area (Å²) in [5.74, 6) is 0.187. The fraction of sp³-hybridized carbons (Fsp3) is 0.357. The van der Waals surface area contributed by atoms with E-state index in [2.05, 4.69) is 6.58 Å². The zero-order valence-electron chi connectivity index (χ0n) is 10.3. The molecule has 0 unspecified atom stereocenters. The van der Waals surface area contributed by atoms with Gasteiger partial charge in [0.05, 0.1) is 0 Å². The van der Waals surface area contributed by atoms with Crippen molar-refractivity contribution >= 4 is 11.5 Å². The van der Waals surface area contributed by atoms with E-state index in [4.69, 9.17) is 0 Å². The minimum absolute atomic E-state index is 0.187. The van der Waals surface area contributed by atoms with Gasteiger partial charge in [0.2, 0.25) is 0 Å². The Bertz CT molecular complexity index is 393. The van der Waals surface area contributed by atoms with Crippen molar-refractivity contribution in [3.8, 4) is 0 Å². The van der Waals surface area contributed by atoms with Crippen LogP contribution in [0.1, 0.15) is 30.1 Å². The van der Waals surface area contributed by atoms with E-state index in [1.807, 2.05) is 50.2 Å². The van der Waals surface area contributed by atoms with E-state index in [9.17, 15) is 4.79 Å². The van der Waals surface area contributed by atoms with E-state index in [1.165, 1.54) is 0 Å². The molecule has 0 N–H and O–H groups in total. The van der Waals surface area contributed by atoms with Gasteiger partial charge in [-0.3, -0.25) is 4.79 Å². The van der Waals surface area contributed by atoms with Gasteiger partial charge in [-0.1, -0.05) is 17.7 Å². The van der Waals surface area contributed by atoms with Gasteiger partial charge in [0, 0.05) is 31.8 Å². The van der Waals surface area contributed by atoms with Crippen LogP contribution >= 0.6 is 0 Å². The lowest BCUT2D eigenvalue weighted by Crippen LogP contribution is -2.09. The highest BCUT2D eigenvalue weighted by atomic mass is 16.1. The summed E-state index contributed by atoms with van der Waals surface area (Å²) in [5, 5.41) is 0. The van der Waals surface area contributed by atoms with Crippen LogP contribution in [-0.4, -0.2) is 19.9 Å². The maximum Gasteiger partial charge on any atom is 0.163 e. The normalized spacial score (nSPS) is 9.94. The van der Waals surface area contributed by atoms with Crippen molar-refractivity contribution in [1.82, 2.24) is 0 Å². The van der Waals surface area contributed by atoms with Crippen molar-refractivity contribution in [1.29, 1.82) is 0 Å². The van der Waals surface area contributed by atoms with Gasteiger partial charge in [-0.25, -0.2) is 0 Å². The summed E-state index contributed by atoms with van der Waals surface area (Å²) in [6.07, 6.45) is 1.32. The fourth-order valence-corrected chi connectivity index (χ4v) is 1.43. The summed E-state index contributed by atoms with van der Waals surface area (Å²) in [6.45, 7) is 5.75. The number of nitrogens with zero attached hydrogens (tertiary/aromatic N) is 1. The number of ketones is 1. The van der Waals surface area contributed by atoms with Crippen LogP contribution in [0.25, 0.3) is 0 Å². The smallest absolute Gasteiger partial charge is 0.163 e. The zero-order valence-corrected chi connectivity index (χ0v) is 10.3. The second-order valence-electron chi connectivity index (χ2n) is 4.33. The highest BCUT2D eigenvalue weighted by Gasteiger charge is 2.06. The molecule has 86 valence electrons. The van der Waals surface area contributed by atoms with Gasteiger partial charge >= 0.3 is 0 Å². The van der Waals surface area contributed by atoms with Crippen LogP contribution in [0.4, 0.5) is 5.69 Å². The van der Waals surface area contributed by atoms with Crippen molar-refractivity contribution in [2.24, 2.45) is 0 Å². The van der Waals surface area contributed by atoms with Gasteiger partial charge in [-0.05, 0) is 25.5 Å². The van der Waals surface area contributed by atoms with E-state index in [1.54, 1.807) is 0 Å². The first-order valence-corrected chi connectivity index (χ1v) is 5.45. The molecule has 0 bridgehead atoms. The molecule has 1 aromatic carbocycles. The van der Waals surface area contributed by atoms with Gasteiger partial charge in [0.1, 0.15) is 0 Å². The molecule has 1 rings (SSSR count). The van der Waals surface area contributed by atoms with Crippen molar-refractivity contribution in [2.75, 3.05) is 19.0 Å². The molecule has 0 atom stereocenters. The number of hydrogen-bond acceptors (Lipinski definition) is 2. The van der Waals surface area contributed by atoms with Crippen molar-refractivity contribution in [3.05, 3.63) is 42.0 Å². The van der Waals surface area contributed by atoms with Crippen LogP contribution in [0.2, 0.25) is 0 Å². The Morgan fingerprint density at radius 2 is 2.00 bits per heavy atom. The Balaban J connectivity index is 2.75. The predicted molar refractivity (Wildman–Crippen MR) is 69.1 cm³/mol. The first kappa shape index (κ1) is 12.5. The van der Waals surface area contributed by atoms with E-state index in [-0.39, 0.29) is 5.78 Å². The molecule has 0 spiro atoms. The zero-order chi connectivity index (χ0) is 12.1. The Labute approximate surface area is 97.6 Å². The molecular formula is C14H19NO. The minimum Gasteiger partial charge on any atom is -0.378 e. The third-order valence-electron chi connectivity index (χ3n) is 2.46. The van der Waals surface area contributed by atoms with Crippen LogP contribution in [0.15, 0.2) is 36.4 Å². The van der Waals surface area contributed by atoms with Crippen LogP contribution < -0.4 is 4.90 Å². The molecule has 0 aliphatic rings. The van der Waals surface area contributed by atoms with Crippen molar-refractivity contribution < 1.29 is 4.79 Å². The standard InChI is InChI=1S/C14H19NO/c1-11(2)8-9-14(16)12-6-5-7-13(10-12)15(3)4/h5-7,10H,1,8-9H2,2-4H3. The molecule has 0 heterocycles. The molecule has 0 aromatic heterocycles. The summed E-state index contributed by atoms with van der Waals surface area (Å²) in [5.41, 5.74) is 2.89. The average molecular weight is 217 g/mol. The highest BCUT2D eigenvalue weighted by Crippen LogP contribution is 2.16. The van der Waals surface area contributed by atoms with Crippen molar-refractivity contribution in [3.63, 3.8) is 0 Å². The largest absolute Gasteiger partial charge is 0.378 e. The number of carbonyl (C=O) groups is 1. The van der Waals surface area contributed by atoms with Crippen LogP contribution in [0.3, 0.4) is 0 Å². The molecule has 2 heteroatoms. The number of carbonyl (C=O) groups excluding carboxylic acids is 1. The first-order chi connectivity index (χ1) is 7.50. The predicted octanol–water partition coefficient (Wildman–Crippen LogP) is 3.29. The fourth-order valence-electron chi connectivity index (χ4n) is 1.43. The molecular weight excluding hydrogens is 198 g/mol. The Hall–Kier alpha value is -1.57. The minimum atomic E-state index is 0.187. The molecule has 0 amide bonds. The van der Waals surface area contributed by atoms with Crippen LogP contribution in [0.5, 0.6) is 0 Å². The lowest BCUT2D eigenvalue weighted by molar-refractivity contribution is 0.0983. The molecule has 0 fully saturated rings. The van der Waals surface area contributed by atoms with Gasteiger partial charge in [-0.2, -0.15) is 0 Å². The number of anilines is 1. The SMILES string of the molecule is C=C(C)CCC(=O)c1cccc(N(C)C)c1. The molecule has 1 aromatic rings. The Kier molecular flexibility index (Phi) is 4.29. The summed E-state index contributed by atoms with van der Waals surface area (Å²) in [7, 11) is 3.94. The lowest BCUT2D eigenvalue weighted by atomic mass is 10.0. The summed E-state index contributed by atoms with van der Waals surface area (Å²) >= 11 is 0. The van der Waals surface area contributed by atoms with Gasteiger partial charge in [-0.15, -0.1) is 6.58 Å². The number of allylic oxidation sites excluding steroid dienone is 1. The highest BCUT2D eigenvalue weighted by molar-refractivity contribution is 5.97. The molecule has 0 saturated heterocycles. The first-order valence-electron chi connectivity index (χ1n) is 5.45. The second-order valence-corrected chi connectivity index (χ2v) is 4.33. The van der Waals surface area contributed by atoms with E-state index in [0.717, 1.165) is 23.2 Å². The lowest BCUT2D eigenvalue weighted by Gasteiger charge is -2.13. The summed E-state index contributed by atoms with van der Waals surface area (Å²) in [6, 6.07) is 7.72. The number of Topliss-reactive ketones (excluding diaryl/α,β-unsaturated/α-hetero) is 1. The summed E-state index contributed by atoms with van der Waals surface area (Å²) < 4.78 is 0. The number of benzene rings is 1. The van der Waals surface area contributed by atoms with E-state index in [0.29, 0.717) is 6.42 Å². The topological polar surface area (TPSA) is 20.3 Å². The van der Waals surface area contributed by atoms with Crippen LogP contribution in [-0.2, 0) is 0 Å². The molecule has 0 aliphatic heterocycles. The van der Waals surface area contributed by atoms with Gasteiger partial charge in [0.25, 0.3) is 0 Å². The Morgan fingerprint density at radius 3 is 2.56 bits per heavy atom. The van der Waals surface area contributed by atoms with Gasteiger partial charge < -0.3 is 4.90 Å². The maximum absolute atomic E-state index is 11.9. The van der Waals surface area contributed by atoms with E-state index < -0.39 is 0 Å². The molecule has 0 radical (unpaired) electrons. The molecule has 16 heavy (non-hydrogen) atoms. The molecule has 0 aliphatic carbocycles. The second kappa shape index (κ2) is 5.50. The molecule has 2 nitrogen and oxygen atoms in total. The third-order valence-corrected chi connectivity index (χ3v) is 2.46. The monoisotopic (exact) mass is 217 g/mol. The quantitative estimate of drug-likeness (QED) is 0.557. The van der Waals surface area contributed by atoms with Crippen molar-refractivity contribution in [2.45, 2.75) is 19.8 Å².